The standard InChI is InChI=1S/C22H26N2O2/c1-3-19-16-23(22(26)20-12-8-7-9-17(20)2)14-13-21(25)24(19)15-18-10-5-4-6-11-18/h4-12,19H,3,13-16H2,1-2H3/t19-/m0/s1. The van der Waals surface area contributed by atoms with Crippen molar-refractivity contribution >= 4 is 11.8 Å². The lowest BCUT2D eigenvalue weighted by atomic mass is 10.1. The Bertz CT molecular complexity index is 773. The third-order valence-corrected chi connectivity index (χ3v) is 5.12. The van der Waals surface area contributed by atoms with Crippen LogP contribution in [0.5, 0.6) is 0 Å². The van der Waals surface area contributed by atoms with Gasteiger partial charge in [-0.05, 0) is 30.5 Å². The van der Waals surface area contributed by atoms with Crippen LogP contribution in [0.4, 0.5) is 0 Å². The zero-order valence-electron chi connectivity index (χ0n) is 15.5. The minimum Gasteiger partial charge on any atom is -0.336 e. The zero-order chi connectivity index (χ0) is 18.5. The molecular formula is C22H26N2O2. The van der Waals surface area contributed by atoms with E-state index in [4.69, 9.17) is 0 Å². The molecular weight excluding hydrogens is 324 g/mol. The zero-order valence-corrected chi connectivity index (χ0v) is 15.5. The van der Waals surface area contributed by atoms with Crippen LogP contribution in [0.1, 0.15) is 41.3 Å². The first-order valence-electron chi connectivity index (χ1n) is 9.28. The van der Waals surface area contributed by atoms with E-state index >= 15 is 0 Å². The van der Waals surface area contributed by atoms with E-state index in [0.29, 0.717) is 26.1 Å². The van der Waals surface area contributed by atoms with Gasteiger partial charge in [-0.15, -0.1) is 0 Å². The van der Waals surface area contributed by atoms with Crippen LogP contribution in [0, 0.1) is 6.92 Å². The molecule has 136 valence electrons. The average molecular weight is 350 g/mol. The largest absolute Gasteiger partial charge is 0.336 e. The highest BCUT2D eigenvalue weighted by molar-refractivity contribution is 5.96. The SMILES string of the molecule is CC[C@H]1CN(C(=O)c2ccccc2C)CCC(=O)N1Cc1ccccc1. The average Bonchev–Trinajstić information content (AvgIpc) is 2.82. The minimum absolute atomic E-state index is 0.0240. The summed E-state index contributed by atoms with van der Waals surface area (Å²) in [6, 6.07) is 17.7. The summed E-state index contributed by atoms with van der Waals surface area (Å²) >= 11 is 0. The van der Waals surface area contributed by atoms with Crippen molar-refractivity contribution in [3.63, 3.8) is 0 Å². The van der Waals surface area contributed by atoms with E-state index in [9.17, 15) is 9.59 Å². The van der Waals surface area contributed by atoms with Gasteiger partial charge in [-0.1, -0.05) is 55.5 Å². The Kier molecular flexibility index (Phi) is 5.71. The maximum Gasteiger partial charge on any atom is 0.254 e. The lowest BCUT2D eigenvalue weighted by Crippen LogP contribution is -2.43. The summed E-state index contributed by atoms with van der Waals surface area (Å²) in [5, 5.41) is 0. The minimum atomic E-state index is 0.0240. The molecule has 0 aromatic heterocycles. The Morgan fingerprint density at radius 1 is 1.08 bits per heavy atom. The van der Waals surface area contributed by atoms with Crippen LogP contribution in [0.15, 0.2) is 54.6 Å². The van der Waals surface area contributed by atoms with Gasteiger partial charge >= 0.3 is 0 Å². The second-order valence-electron chi connectivity index (χ2n) is 6.89. The molecule has 3 rings (SSSR count). The van der Waals surface area contributed by atoms with E-state index in [-0.39, 0.29) is 17.9 Å². The van der Waals surface area contributed by atoms with Crippen LogP contribution in [0.25, 0.3) is 0 Å². The summed E-state index contributed by atoms with van der Waals surface area (Å²) in [6.45, 7) is 5.70. The fourth-order valence-electron chi connectivity index (χ4n) is 3.54. The monoisotopic (exact) mass is 350 g/mol. The molecule has 4 heteroatoms. The number of carbonyl (C=O) groups is 2. The highest BCUT2D eigenvalue weighted by Gasteiger charge is 2.31. The molecule has 0 spiro atoms. The van der Waals surface area contributed by atoms with Gasteiger partial charge in [0.15, 0.2) is 0 Å². The molecule has 0 bridgehead atoms. The topological polar surface area (TPSA) is 40.6 Å². The maximum absolute atomic E-state index is 13.0. The van der Waals surface area contributed by atoms with Gasteiger partial charge < -0.3 is 9.80 Å². The molecule has 0 unspecified atom stereocenters. The van der Waals surface area contributed by atoms with Crippen LogP contribution < -0.4 is 0 Å². The summed E-state index contributed by atoms with van der Waals surface area (Å²) < 4.78 is 0. The van der Waals surface area contributed by atoms with Gasteiger partial charge in [-0.25, -0.2) is 0 Å². The number of aryl methyl sites for hydroxylation is 1. The van der Waals surface area contributed by atoms with Gasteiger partial charge in [0.25, 0.3) is 5.91 Å². The highest BCUT2D eigenvalue weighted by atomic mass is 16.2. The van der Waals surface area contributed by atoms with Crippen molar-refractivity contribution < 1.29 is 9.59 Å². The Hall–Kier alpha value is -2.62. The van der Waals surface area contributed by atoms with Gasteiger partial charge in [0.1, 0.15) is 0 Å². The Morgan fingerprint density at radius 2 is 1.77 bits per heavy atom. The molecule has 0 aliphatic carbocycles. The smallest absolute Gasteiger partial charge is 0.254 e. The second kappa shape index (κ2) is 8.17. The van der Waals surface area contributed by atoms with E-state index in [0.717, 1.165) is 23.1 Å². The number of hydrogen-bond donors (Lipinski definition) is 0. The molecule has 1 atom stereocenters. The van der Waals surface area contributed by atoms with Crippen molar-refractivity contribution in [2.24, 2.45) is 0 Å². The van der Waals surface area contributed by atoms with Crippen molar-refractivity contribution in [1.29, 1.82) is 0 Å². The van der Waals surface area contributed by atoms with E-state index in [1.165, 1.54) is 0 Å². The van der Waals surface area contributed by atoms with Gasteiger partial charge in [0.05, 0.1) is 0 Å². The molecule has 1 aliphatic rings. The molecule has 2 aromatic carbocycles. The Morgan fingerprint density at radius 3 is 2.46 bits per heavy atom. The summed E-state index contributed by atoms with van der Waals surface area (Å²) in [4.78, 5) is 29.5. The second-order valence-corrected chi connectivity index (χ2v) is 6.89. The van der Waals surface area contributed by atoms with E-state index in [1.54, 1.807) is 0 Å². The van der Waals surface area contributed by atoms with Gasteiger partial charge in [-0.3, -0.25) is 9.59 Å². The molecule has 4 nitrogen and oxygen atoms in total. The molecule has 0 saturated carbocycles. The van der Waals surface area contributed by atoms with E-state index < -0.39 is 0 Å². The first-order valence-corrected chi connectivity index (χ1v) is 9.28. The Labute approximate surface area is 155 Å². The van der Waals surface area contributed by atoms with Crippen LogP contribution in [-0.2, 0) is 11.3 Å². The normalized spacial score (nSPS) is 17.9. The molecule has 1 saturated heterocycles. The van der Waals surface area contributed by atoms with Crippen molar-refractivity contribution in [3.8, 4) is 0 Å². The summed E-state index contributed by atoms with van der Waals surface area (Å²) in [5.74, 6) is 0.150. The molecule has 26 heavy (non-hydrogen) atoms. The number of hydrogen-bond acceptors (Lipinski definition) is 2. The molecule has 1 aliphatic heterocycles. The van der Waals surface area contributed by atoms with E-state index in [2.05, 4.69) is 6.92 Å². The third-order valence-electron chi connectivity index (χ3n) is 5.12. The number of rotatable bonds is 4. The number of benzene rings is 2. The van der Waals surface area contributed by atoms with Crippen LogP contribution in [0.3, 0.4) is 0 Å². The first kappa shape index (κ1) is 18.2. The van der Waals surface area contributed by atoms with Crippen molar-refractivity contribution in [2.75, 3.05) is 13.1 Å². The molecule has 1 heterocycles. The number of carbonyl (C=O) groups excluding carboxylic acids is 2. The van der Waals surface area contributed by atoms with Crippen molar-refractivity contribution in [2.45, 2.75) is 39.3 Å². The number of amides is 2. The van der Waals surface area contributed by atoms with Crippen molar-refractivity contribution in [3.05, 3.63) is 71.3 Å². The fourth-order valence-corrected chi connectivity index (χ4v) is 3.54. The van der Waals surface area contributed by atoms with Gasteiger partial charge in [0, 0.05) is 37.7 Å². The molecule has 0 N–H and O–H groups in total. The third kappa shape index (κ3) is 3.96. The summed E-state index contributed by atoms with van der Waals surface area (Å²) in [7, 11) is 0. The van der Waals surface area contributed by atoms with Gasteiger partial charge in [0.2, 0.25) is 5.91 Å². The van der Waals surface area contributed by atoms with Crippen LogP contribution in [0.2, 0.25) is 0 Å². The van der Waals surface area contributed by atoms with Gasteiger partial charge in [-0.2, -0.15) is 0 Å². The summed E-state index contributed by atoms with van der Waals surface area (Å²) in [5.41, 5.74) is 2.83. The predicted molar refractivity (Wildman–Crippen MR) is 103 cm³/mol. The fraction of sp³-hybridized carbons (Fsp3) is 0.364. The lowest BCUT2D eigenvalue weighted by molar-refractivity contribution is -0.133. The predicted octanol–water partition coefficient (Wildman–Crippen LogP) is 3.65. The molecule has 1 fully saturated rings. The Balaban J connectivity index is 1.80. The maximum atomic E-state index is 13.0. The first-order chi connectivity index (χ1) is 12.6. The van der Waals surface area contributed by atoms with Crippen LogP contribution >= 0.6 is 0 Å². The molecule has 2 aromatic rings. The lowest BCUT2D eigenvalue weighted by Gasteiger charge is -2.31. The highest BCUT2D eigenvalue weighted by Crippen LogP contribution is 2.20. The molecule has 0 radical (unpaired) electrons. The molecule has 2 amide bonds. The van der Waals surface area contributed by atoms with Crippen molar-refractivity contribution in [1.82, 2.24) is 9.80 Å². The summed E-state index contributed by atoms with van der Waals surface area (Å²) in [6.07, 6.45) is 1.21. The van der Waals surface area contributed by atoms with E-state index in [1.807, 2.05) is 71.3 Å². The quantitative estimate of drug-likeness (QED) is 0.844. The van der Waals surface area contributed by atoms with Crippen LogP contribution in [-0.4, -0.2) is 40.7 Å². The number of nitrogens with zero attached hydrogens (tertiary/aromatic N) is 2.